The molecule has 3 nitrogen and oxygen atoms in total. The van der Waals surface area contributed by atoms with E-state index in [0.717, 1.165) is 37.8 Å². The smallest absolute Gasteiger partial charge is 0.235 e. The zero-order chi connectivity index (χ0) is 13.9. The van der Waals surface area contributed by atoms with E-state index in [0.29, 0.717) is 0 Å². The summed E-state index contributed by atoms with van der Waals surface area (Å²) in [5, 5.41) is 9.47. The normalized spacial score (nSPS) is 16.8. The lowest BCUT2D eigenvalue weighted by molar-refractivity contribution is -0.136. The van der Waals surface area contributed by atoms with Crippen LogP contribution in [0.15, 0.2) is 24.3 Å². The molecular formula is C16H23NO2. The second-order valence-electron chi connectivity index (χ2n) is 5.57. The number of hydrogen-bond acceptors (Lipinski definition) is 2. The van der Waals surface area contributed by atoms with E-state index in [1.807, 2.05) is 12.1 Å². The van der Waals surface area contributed by atoms with Crippen molar-refractivity contribution in [3.63, 3.8) is 0 Å². The summed E-state index contributed by atoms with van der Waals surface area (Å²) in [7, 11) is 1.80. The summed E-state index contributed by atoms with van der Waals surface area (Å²) < 4.78 is 0. The molecule has 0 unspecified atom stereocenters. The van der Waals surface area contributed by atoms with Crippen molar-refractivity contribution in [2.45, 2.75) is 39.0 Å². The minimum Gasteiger partial charge on any atom is -0.395 e. The van der Waals surface area contributed by atoms with Crippen LogP contribution in [-0.4, -0.2) is 24.7 Å². The zero-order valence-corrected chi connectivity index (χ0v) is 11.9. The minimum atomic E-state index is -0.517. The number of carbonyl (C=O) groups excluding carboxylic acids is 1. The predicted octanol–water partition coefficient (Wildman–Crippen LogP) is 2.76. The van der Waals surface area contributed by atoms with Gasteiger partial charge in [-0.2, -0.15) is 0 Å². The molecule has 1 saturated carbocycles. The first-order valence-electron chi connectivity index (χ1n) is 7.11. The van der Waals surface area contributed by atoms with Crippen LogP contribution in [0.25, 0.3) is 0 Å². The lowest BCUT2D eigenvalue weighted by Gasteiger charge is -2.41. The van der Waals surface area contributed by atoms with Crippen LogP contribution in [0, 0.1) is 5.41 Å². The van der Waals surface area contributed by atoms with Crippen LogP contribution in [0.3, 0.4) is 0 Å². The van der Waals surface area contributed by atoms with Gasteiger partial charge >= 0.3 is 0 Å². The summed E-state index contributed by atoms with van der Waals surface area (Å²) in [6.07, 6.45) is 4.84. The summed E-state index contributed by atoms with van der Waals surface area (Å²) >= 11 is 0. The van der Waals surface area contributed by atoms with E-state index < -0.39 is 5.41 Å². The molecule has 0 aromatic heterocycles. The molecule has 3 heteroatoms. The second-order valence-corrected chi connectivity index (χ2v) is 5.57. The Morgan fingerprint density at radius 3 is 2.37 bits per heavy atom. The number of aliphatic hydroxyl groups excluding tert-OH is 1. The quantitative estimate of drug-likeness (QED) is 0.885. The van der Waals surface area contributed by atoms with Gasteiger partial charge in [-0.05, 0) is 37.0 Å². The molecule has 104 valence electrons. The lowest BCUT2D eigenvalue weighted by atomic mass is 9.68. The molecule has 0 atom stereocenters. The van der Waals surface area contributed by atoms with Crippen molar-refractivity contribution in [1.82, 2.24) is 0 Å². The Morgan fingerprint density at radius 2 is 1.95 bits per heavy atom. The Kier molecular flexibility index (Phi) is 4.25. The maximum Gasteiger partial charge on any atom is 0.235 e. The maximum atomic E-state index is 12.5. The van der Waals surface area contributed by atoms with Crippen molar-refractivity contribution in [1.29, 1.82) is 0 Å². The van der Waals surface area contributed by atoms with Gasteiger partial charge in [0.2, 0.25) is 5.91 Å². The second kappa shape index (κ2) is 5.74. The highest BCUT2D eigenvalue weighted by Gasteiger charge is 2.45. The number of anilines is 1. The van der Waals surface area contributed by atoms with Crippen molar-refractivity contribution in [2.24, 2.45) is 5.41 Å². The molecule has 1 fully saturated rings. The van der Waals surface area contributed by atoms with Crippen LogP contribution in [0.5, 0.6) is 0 Å². The standard InChI is InChI=1S/C16H23NO2/c1-3-5-13-6-8-14(9-7-13)17(2)15(19)16(12-18)10-4-11-16/h6-9,18H,3-5,10-12H2,1-2H3. The summed E-state index contributed by atoms with van der Waals surface area (Å²) in [4.78, 5) is 14.1. The Labute approximate surface area is 115 Å². The fourth-order valence-corrected chi connectivity index (χ4v) is 2.69. The minimum absolute atomic E-state index is 0.0376. The Morgan fingerprint density at radius 1 is 1.32 bits per heavy atom. The van der Waals surface area contributed by atoms with Gasteiger partial charge in [-0.15, -0.1) is 0 Å². The molecule has 1 aliphatic rings. The molecule has 1 aromatic rings. The van der Waals surface area contributed by atoms with E-state index in [9.17, 15) is 9.90 Å². The third-order valence-electron chi connectivity index (χ3n) is 4.23. The van der Waals surface area contributed by atoms with Gasteiger partial charge in [0.25, 0.3) is 0 Å². The molecule has 0 spiro atoms. The van der Waals surface area contributed by atoms with E-state index in [1.165, 1.54) is 5.56 Å². The van der Waals surface area contributed by atoms with Crippen molar-refractivity contribution in [2.75, 3.05) is 18.6 Å². The first kappa shape index (κ1) is 14.1. The third kappa shape index (κ3) is 2.66. The molecule has 1 amide bonds. The highest BCUT2D eigenvalue weighted by Crippen LogP contribution is 2.42. The topological polar surface area (TPSA) is 40.5 Å². The third-order valence-corrected chi connectivity index (χ3v) is 4.23. The molecule has 1 N–H and O–H groups in total. The highest BCUT2D eigenvalue weighted by atomic mass is 16.3. The fourth-order valence-electron chi connectivity index (χ4n) is 2.69. The number of aliphatic hydroxyl groups is 1. The van der Waals surface area contributed by atoms with Crippen molar-refractivity contribution in [3.05, 3.63) is 29.8 Å². The van der Waals surface area contributed by atoms with Crippen molar-refractivity contribution in [3.8, 4) is 0 Å². The largest absolute Gasteiger partial charge is 0.395 e. The van der Waals surface area contributed by atoms with Gasteiger partial charge in [0.15, 0.2) is 0 Å². The van der Waals surface area contributed by atoms with Crippen LogP contribution < -0.4 is 4.90 Å². The first-order chi connectivity index (χ1) is 9.13. The summed E-state index contributed by atoms with van der Waals surface area (Å²) in [5.41, 5.74) is 1.69. The van der Waals surface area contributed by atoms with E-state index in [1.54, 1.807) is 11.9 Å². The number of nitrogens with zero attached hydrogens (tertiary/aromatic N) is 1. The van der Waals surface area contributed by atoms with Gasteiger partial charge in [-0.1, -0.05) is 31.9 Å². The van der Waals surface area contributed by atoms with Crippen molar-refractivity contribution >= 4 is 11.6 Å². The number of aryl methyl sites for hydroxylation is 1. The Balaban J connectivity index is 2.10. The number of hydrogen-bond donors (Lipinski definition) is 1. The molecule has 0 bridgehead atoms. The maximum absolute atomic E-state index is 12.5. The number of benzene rings is 1. The van der Waals surface area contributed by atoms with Gasteiger partial charge in [0.05, 0.1) is 12.0 Å². The molecular weight excluding hydrogens is 238 g/mol. The van der Waals surface area contributed by atoms with Gasteiger partial charge in [-0.3, -0.25) is 4.79 Å². The van der Waals surface area contributed by atoms with Gasteiger partial charge in [0.1, 0.15) is 0 Å². The van der Waals surface area contributed by atoms with Gasteiger partial charge < -0.3 is 10.0 Å². The van der Waals surface area contributed by atoms with Crippen LogP contribution in [-0.2, 0) is 11.2 Å². The molecule has 1 aliphatic carbocycles. The number of carbonyl (C=O) groups is 1. The summed E-state index contributed by atoms with van der Waals surface area (Å²) in [6.45, 7) is 2.12. The first-order valence-corrected chi connectivity index (χ1v) is 7.11. The Hall–Kier alpha value is -1.35. The van der Waals surface area contributed by atoms with Crippen LogP contribution in [0.1, 0.15) is 38.2 Å². The molecule has 0 heterocycles. The van der Waals surface area contributed by atoms with Gasteiger partial charge in [-0.25, -0.2) is 0 Å². The van der Waals surface area contributed by atoms with E-state index in [-0.39, 0.29) is 12.5 Å². The fraction of sp³-hybridized carbons (Fsp3) is 0.562. The van der Waals surface area contributed by atoms with Gasteiger partial charge in [0, 0.05) is 12.7 Å². The van der Waals surface area contributed by atoms with Crippen LogP contribution >= 0.6 is 0 Å². The zero-order valence-electron chi connectivity index (χ0n) is 11.9. The summed E-state index contributed by atoms with van der Waals surface area (Å²) in [5.74, 6) is 0.0458. The number of amides is 1. The SMILES string of the molecule is CCCc1ccc(N(C)C(=O)C2(CO)CCC2)cc1. The highest BCUT2D eigenvalue weighted by molar-refractivity contribution is 5.97. The summed E-state index contributed by atoms with van der Waals surface area (Å²) in [6, 6.07) is 8.14. The molecule has 19 heavy (non-hydrogen) atoms. The molecule has 0 radical (unpaired) electrons. The molecule has 0 saturated heterocycles. The average molecular weight is 261 g/mol. The van der Waals surface area contributed by atoms with Crippen LogP contribution in [0.4, 0.5) is 5.69 Å². The lowest BCUT2D eigenvalue weighted by Crippen LogP contribution is -2.49. The van der Waals surface area contributed by atoms with Crippen molar-refractivity contribution < 1.29 is 9.90 Å². The van der Waals surface area contributed by atoms with E-state index in [4.69, 9.17) is 0 Å². The molecule has 0 aliphatic heterocycles. The Bertz CT molecular complexity index is 429. The molecule has 2 rings (SSSR count). The van der Waals surface area contributed by atoms with E-state index >= 15 is 0 Å². The number of rotatable bonds is 5. The average Bonchev–Trinajstić information content (AvgIpc) is 2.38. The molecule has 1 aromatic carbocycles. The predicted molar refractivity (Wildman–Crippen MR) is 77.2 cm³/mol. The van der Waals surface area contributed by atoms with Crippen LogP contribution in [0.2, 0.25) is 0 Å². The monoisotopic (exact) mass is 261 g/mol. The van der Waals surface area contributed by atoms with E-state index in [2.05, 4.69) is 19.1 Å².